The summed E-state index contributed by atoms with van der Waals surface area (Å²) in [6.45, 7) is 4.56. The van der Waals surface area contributed by atoms with E-state index in [-0.39, 0.29) is 21.8 Å². The van der Waals surface area contributed by atoms with Crippen LogP contribution < -0.4 is 5.73 Å². The number of nitrogens with two attached hydrogens (primary N) is 1. The van der Waals surface area contributed by atoms with Gasteiger partial charge in [-0.2, -0.15) is 4.31 Å². The highest BCUT2D eigenvalue weighted by Crippen LogP contribution is 2.33. The van der Waals surface area contributed by atoms with Gasteiger partial charge in [0.1, 0.15) is 4.99 Å². The van der Waals surface area contributed by atoms with Gasteiger partial charge in [-0.3, -0.25) is 0 Å². The quantitative estimate of drug-likeness (QED) is 0.817. The van der Waals surface area contributed by atoms with Crippen molar-refractivity contribution in [3.63, 3.8) is 0 Å². The smallest absolute Gasteiger partial charge is 0.244 e. The molecule has 6 heteroatoms. The van der Waals surface area contributed by atoms with Crippen LogP contribution in [-0.2, 0) is 10.0 Å². The fraction of sp³-hybridized carbons (Fsp3) is 0.500. The van der Waals surface area contributed by atoms with Crippen molar-refractivity contribution in [2.45, 2.75) is 37.6 Å². The summed E-state index contributed by atoms with van der Waals surface area (Å²) >= 11 is 4.97. The van der Waals surface area contributed by atoms with Gasteiger partial charge in [-0.1, -0.05) is 44.3 Å². The Morgan fingerprint density at radius 3 is 2.50 bits per heavy atom. The number of hydrogen-bond acceptors (Lipinski definition) is 3. The second-order valence-electron chi connectivity index (χ2n) is 5.56. The predicted molar refractivity (Wildman–Crippen MR) is 84.1 cm³/mol. The topological polar surface area (TPSA) is 63.4 Å². The minimum absolute atomic E-state index is 0.115. The molecule has 1 saturated carbocycles. The van der Waals surface area contributed by atoms with Crippen LogP contribution in [0.4, 0.5) is 0 Å². The predicted octanol–water partition coefficient (Wildman–Crippen LogP) is 2.13. The molecule has 1 fully saturated rings. The number of benzene rings is 1. The van der Waals surface area contributed by atoms with E-state index in [0.29, 0.717) is 12.1 Å². The molecule has 2 rings (SSSR count). The van der Waals surface area contributed by atoms with E-state index < -0.39 is 10.0 Å². The summed E-state index contributed by atoms with van der Waals surface area (Å²) in [4.78, 5) is 0.338. The van der Waals surface area contributed by atoms with Crippen LogP contribution in [-0.4, -0.2) is 30.3 Å². The molecule has 1 aliphatic rings. The molecule has 0 spiro atoms. The number of nitrogens with zero attached hydrogens (tertiary/aromatic N) is 1. The van der Waals surface area contributed by atoms with Gasteiger partial charge in [0.15, 0.2) is 0 Å². The average molecular weight is 312 g/mol. The monoisotopic (exact) mass is 312 g/mol. The van der Waals surface area contributed by atoms with E-state index in [4.69, 9.17) is 18.0 Å². The molecule has 0 unspecified atom stereocenters. The molecule has 0 radical (unpaired) electrons. The van der Waals surface area contributed by atoms with E-state index in [9.17, 15) is 8.42 Å². The molecule has 1 aromatic carbocycles. The summed E-state index contributed by atoms with van der Waals surface area (Å²) in [6, 6.07) is 6.82. The van der Waals surface area contributed by atoms with Crippen LogP contribution in [0.2, 0.25) is 0 Å². The van der Waals surface area contributed by atoms with E-state index in [2.05, 4.69) is 0 Å². The van der Waals surface area contributed by atoms with E-state index in [0.717, 1.165) is 12.8 Å². The average Bonchev–Trinajstić information content (AvgIpc) is 3.19. The van der Waals surface area contributed by atoms with Gasteiger partial charge in [-0.25, -0.2) is 8.42 Å². The first-order chi connectivity index (χ1) is 9.34. The van der Waals surface area contributed by atoms with Gasteiger partial charge in [0.05, 0.1) is 4.90 Å². The third kappa shape index (κ3) is 3.19. The number of hydrogen-bond donors (Lipinski definition) is 1. The Hall–Kier alpha value is -0.980. The Balaban J connectivity index is 2.45. The molecule has 0 bridgehead atoms. The molecule has 1 aromatic rings. The number of rotatable bonds is 6. The fourth-order valence-electron chi connectivity index (χ4n) is 2.19. The van der Waals surface area contributed by atoms with E-state index in [1.165, 1.54) is 0 Å². The molecule has 20 heavy (non-hydrogen) atoms. The zero-order chi connectivity index (χ0) is 14.9. The van der Waals surface area contributed by atoms with Crippen LogP contribution in [0.3, 0.4) is 0 Å². The highest BCUT2D eigenvalue weighted by molar-refractivity contribution is 7.89. The third-order valence-corrected chi connectivity index (χ3v) is 5.43. The largest absolute Gasteiger partial charge is 0.389 e. The standard InChI is InChI=1S/C14H20N2O2S2/c1-10(2)9-16(11-7-8-11)20(17,18)13-6-4-3-5-12(13)14(15)19/h3-6,10-11H,7-9H2,1-2H3,(H2,15,19). The molecule has 0 saturated heterocycles. The maximum absolute atomic E-state index is 12.9. The van der Waals surface area contributed by atoms with Gasteiger partial charge in [0.2, 0.25) is 10.0 Å². The molecule has 0 aromatic heterocycles. The van der Waals surface area contributed by atoms with E-state index in [1.54, 1.807) is 28.6 Å². The fourth-order valence-corrected chi connectivity index (χ4v) is 4.49. The van der Waals surface area contributed by atoms with Crippen LogP contribution in [0.15, 0.2) is 29.2 Å². The van der Waals surface area contributed by atoms with Crippen LogP contribution in [0, 0.1) is 5.92 Å². The molecule has 2 N–H and O–H groups in total. The molecule has 110 valence electrons. The lowest BCUT2D eigenvalue weighted by molar-refractivity contribution is 0.360. The van der Waals surface area contributed by atoms with Gasteiger partial charge < -0.3 is 5.73 Å². The summed E-state index contributed by atoms with van der Waals surface area (Å²) in [5, 5.41) is 0. The lowest BCUT2D eigenvalue weighted by Gasteiger charge is -2.24. The number of thiocarbonyl (C=S) groups is 1. The Kier molecular flexibility index (Phi) is 4.46. The third-order valence-electron chi connectivity index (χ3n) is 3.24. The van der Waals surface area contributed by atoms with Crippen molar-refractivity contribution in [2.24, 2.45) is 11.7 Å². The van der Waals surface area contributed by atoms with Crippen molar-refractivity contribution >= 4 is 27.2 Å². The van der Waals surface area contributed by atoms with Crippen molar-refractivity contribution < 1.29 is 8.42 Å². The van der Waals surface area contributed by atoms with Crippen molar-refractivity contribution in [3.05, 3.63) is 29.8 Å². The lowest BCUT2D eigenvalue weighted by atomic mass is 10.2. The van der Waals surface area contributed by atoms with Crippen molar-refractivity contribution in [3.8, 4) is 0 Å². The lowest BCUT2D eigenvalue weighted by Crippen LogP contribution is -2.37. The van der Waals surface area contributed by atoms with Crippen molar-refractivity contribution in [2.75, 3.05) is 6.54 Å². The zero-order valence-corrected chi connectivity index (χ0v) is 13.4. The molecule has 4 nitrogen and oxygen atoms in total. The summed E-state index contributed by atoms with van der Waals surface area (Å²) < 4.78 is 27.4. The molecule has 0 atom stereocenters. The van der Waals surface area contributed by atoms with Gasteiger partial charge in [0, 0.05) is 18.2 Å². The summed E-state index contributed by atoms with van der Waals surface area (Å²) in [7, 11) is -3.54. The first-order valence-electron chi connectivity index (χ1n) is 6.74. The van der Waals surface area contributed by atoms with Gasteiger partial charge >= 0.3 is 0 Å². The van der Waals surface area contributed by atoms with Crippen LogP contribution in [0.25, 0.3) is 0 Å². The maximum Gasteiger partial charge on any atom is 0.244 e. The van der Waals surface area contributed by atoms with Crippen molar-refractivity contribution in [1.82, 2.24) is 4.31 Å². The second kappa shape index (κ2) is 5.79. The minimum Gasteiger partial charge on any atom is -0.389 e. The molecular formula is C14H20N2O2S2. The van der Waals surface area contributed by atoms with E-state index >= 15 is 0 Å². The van der Waals surface area contributed by atoms with Gasteiger partial charge in [-0.05, 0) is 24.8 Å². The Bertz CT molecular complexity index is 607. The van der Waals surface area contributed by atoms with Crippen LogP contribution in [0.5, 0.6) is 0 Å². The summed E-state index contributed by atoms with van der Waals surface area (Å²) in [5.41, 5.74) is 6.08. The van der Waals surface area contributed by atoms with Crippen LogP contribution >= 0.6 is 12.2 Å². The molecule has 0 heterocycles. The molecule has 0 amide bonds. The SMILES string of the molecule is CC(C)CN(C1CC1)S(=O)(=O)c1ccccc1C(N)=S. The maximum atomic E-state index is 12.9. The highest BCUT2D eigenvalue weighted by atomic mass is 32.2. The van der Waals surface area contributed by atoms with Crippen molar-refractivity contribution in [1.29, 1.82) is 0 Å². The Morgan fingerprint density at radius 2 is 2.00 bits per heavy atom. The van der Waals surface area contributed by atoms with Gasteiger partial charge in [-0.15, -0.1) is 0 Å². The van der Waals surface area contributed by atoms with E-state index in [1.807, 2.05) is 13.8 Å². The summed E-state index contributed by atoms with van der Waals surface area (Å²) in [5.74, 6) is 0.280. The van der Waals surface area contributed by atoms with Crippen LogP contribution in [0.1, 0.15) is 32.3 Å². The molecule has 1 aliphatic carbocycles. The Morgan fingerprint density at radius 1 is 1.40 bits per heavy atom. The highest BCUT2D eigenvalue weighted by Gasteiger charge is 2.39. The first-order valence-corrected chi connectivity index (χ1v) is 8.59. The Labute approximate surface area is 126 Å². The summed E-state index contributed by atoms with van der Waals surface area (Å²) in [6.07, 6.45) is 1.86. The molecular weight excluding hydrogens is 292 g/mol. The minimum atomic E-state index is -3.54. The zero-order valence-electron chi connectivity index (χ0n) is 11.7. The molecule has 0 aliphatic heterocycles. The number of sulfonamides is 1. The normalized spacial score (nSPS) is 15.8. The second-order valence-corrected chi connectivity index (χ2v) is 7.86. The van der Waals surface area contributed by atoms with Gasteiger partial charge in [0.25, 0.3) is 0 Å². The first kappa shape index (κ1) is 15.4.